The highest BCUT2D eigenvalue weighted by molar-refractivity contribution is 9.10. The van der Waals surface area contributed by atoms with Crippen LogP contribution in [-0.4, -0.2) is 16.2 Å². The van der Waals surface area contributed by atoms with E-state index in [1.165, 1.54) is 0 Å². The molecule has 0 unspecified atom stereocenters. The highest BCUT2D eigenvalue weighted by Crippen LogP contribution is 2.54. The Labute approximate surface area is 115 Å². The third-order valence-corrected chi connectivity index (χ3v) is 4.34. The third kappa shape index (κ3) is 2.39. The van der Waals surface area contributed by atoms with Crippen LogP contribution in [0, 0.1) is 0 Å². The van der Waals surface area contributed by atoms with Crippen LogP contribution in [0.5, 0.6) is 5.75 Å². The lowest BCUT2D eigenvalue weighted by Gasteiger charge is -2.18. The smallest absolute Gasteiger partial charge is 0.304 e. The minimum Gasteiger partial charge on any atom is -0.508 e. The molecule has 98 valence electrons. The van der Waals surface area contributed by atoms with Gasteiger partial charge in [-0.3, -0.25) is 4.79 Å². The second kappa shape index (κ2) is 4.57. The largest absolute Gasteiger partial charge is 0.508 e. The van der Waals surface area contributed by atoms with E-state index in [4.69, 9.17) is 5.11 Å². The summed E-state index contributed by atoms with van der Waals surface area (Å²) in [7, 11) is 0. The van der Waals surface area contributed by atoms with Crippen molar-refractivity contribution in [2.45, 2.75) is 44.4 Å². The average molecular weight is 313 g/mol. The number of phenols is 1. The second-order valence-corrected chi connectivity index (χ2v) is 6.25. The number of carbonyl (C=O) groups is 1. The fourth-order valence-electron chi connectivity index (χ4n) is 2.43. The lowest BCUT2D eigenvalue weighted by molar-refractivity contribution is -0.137. The standard InChI is InChI=1S/C14H17BrO3/c1-8(2)9-5-12(16)10(6-11(9)15)14(3-4-14)7-13(17)18/h5-6,8,16H,3-4,7H2,1-2H3,(H,17,18). The molecule has 0 spiro atoms. The number of aromatic hydroxyl groups is 1. The predicted molar refractivity (Wildman–Crippen MR) is 73.1 cm³/mol. The Morgan fingerprint density at radius 3 is 2.50 bits per heavy atom. The van der Waals surface area contributed by atoms with E-state index in [9.17, 15) is 9.90 Å². The van der Waals surface area contributed by atoms with Crippen molar-refractivity contribution in [1.82, 2.24) is 0 Å². The van der Waals surface area contributed by atoms with Crippen LogP contribution in [0.1, 0.15) is 50.2 Å². The molecule has 1 saturated carbocycles. The highest BCUT2D eigenvalue weighted by atomic mass is 79.9. The molecule has 2 N–H and O–H groups in total. The van der Waals surface area contributed by atoms with Crippen LogP contribution in [0.3, 0.4) is 0 Å². The molecule has 1 fully saturated rings. The molecule has 0 aromatic heterocycles. The molecular formula is C14H17BrO3. The number of hydrogen-bond donors (Lipinski definition) is 2. The van der Waals surface area contributed by atoms with E-state index in [1.54, 1.807) is 6.07 Å². The maximum absolute atomic E-state index is 10.9. The van der Waals surface area contributed by atoms with Gasteiger partial charge in [0.05, 0.1) is 6.42 Å². The van der Waals surface area contributed by atoms with Gasteiger partial charge in [-0.25, -0.2) is 0 Å². The Kier molecular flexibility index (Phi) is 3.41. The van der Waals surface area contributed by atoms with Crippen molar-refractivity contribution in [2.24, 2.45) is 0 Å². The zero-order valence-electron chi connectivity index (χ0n) is 10.5. The molecular weight excluding hydrogens is 296 g/mol. The Morgan fingerprint density at radius 1 is 1.44 bits per heavy atom. The molecule has 4 heteroatoms. The van der Waals surface area contributed by atoms with E-state index in [2.05, 4.69) is 29.8 Å². The first-order valence-corrected chi connectivity index (χ1v) is 6.90. The van der Waals surface area contributed by atoms with E-state index in [1.807, 2.05) is 6.07 Å². The van der Waals surface area contributed by atoms with Crippen LogP contribution < -0.4 is 0 Å². The van der Waals surface area contributed by atoms with E-state index >= 15 is 0 Å². The summed E-state index contributed by atoms with van der Waals surface area (Å²) in [5.41, 5.74) is 1.46. The number of phenolic OH excluding ortho intramolecular Hbond substituents is 1. The third-order valence-electron chi connectivity index (χ3n) is 3.65. The summed E-state index contributed by atoms with van der Waals surface area (Å²) in [4.78, 5) is 10.9. The number of benzene rings is 1. The Bertz CT molecular complexity index is 490. The van der Waals surface area contributed by atoms with Crippen molar-refractivity contribution in [3.8, 4) is 5.75 Å². The van der Waals surface area contributed by atoms with Crippen LogP contribution in [-0.2, 0) is 10.2 Å². The minimum atomic E-state index is -0.809. The highest BCUT2D eigenvalue weighted by Gasteiger charge is 2.47. The van der Waals surface area contributed by atoms with Crippen molar-refractivity contribution in [3.05, 3.63) is 27.7 Å². The second-order valence-electron chi connectivity index (χ2n) is 5.40. The van der Waals surface area contributed by atoms with Gasteiger partial charge in [0, 0.05) is 15.5 Å². The molecule has 2 rings (SSSR count). The number of hydrogen-bond acceptors (Lipinski definition) is 2. The van der Waals surface area contributed by atoms with E-state index in [0.29, 0.717) is 5.92 Å². The molecule has 0 heterocycles. The molecule has 0 saturated heterocycles. The van der Waals surface area contributed by atoms with Crippen molar-refractivity contribution in [3.63, 3.8) is 0 Å². The predicted octanol–water partition coefficient (Wildman–Crippen LogP) is 3.78. The molecule has 0 bridgehead atoms. The average Bonchev–Trinajstić information content (AvgIpc) is 3.00. The van der Waals surface area contributed by atoms with Crippen LogP contribution in [0.2, 0.25) is 0 Å². The molecule has 18 heavy (non-hydrogen) atoms. The summed E-state index contributed by atoms with van der Waals surface area (Å²) < 4.78 is 0.946. The molecule has 1 aliphatic rings. The van der Waals surface area contributed by atoms with Gasteiger partial charge in [0.2, 0.25) is 0 Å². The molecule has 1 aromatic carbocycles. The van der Waals surface area contributed by atoms with Crippen LogP contribution in [0.15, 0.2) is 16.6 Å². The Balaban J connectivity index is 2.41. The summed E-state index contributed by atoms with van der Waals surface area (Å²) >= 11 is 3.51. The van der Waals surface area contributed by atoms with Gasteiger partial charge in [0.15, 0.2) is 0 Å². The first-order chi connectivity index (χ1) is 8.35. The maximum atomic E-state index is 10.9. The molecule has 0 amide bonds. The first kappa shape index (κ1) is 13.4. The molecule has 0 aliphatic heterocycles. The number of rotatable bonds is 4. The first-order valence-electron chi connectivity index (χ1n) is 6.10. The summed E-state index contributed by atoms with van der Waals surface area (Å²) in [6.45, 7) is 4.12. The summed E-state index contributed by atoms with van der Waals surface area (Å²) in [6.07, 6.45) is 1.76. The van der Waals surface area contributed by atoms with Gasteiger partial charge < -0.3 is 10.2 Å². The quantitative estimate of drug-likeness (QED) is 0.889. The zero-order valence-corrected chi connectivity index (χ0v) is 12.1. The van der Waals surface area contributed by atoms with Gasteiger partial charge in [-0.2, -0.15) is 0 Å². The van der Waals surface area contributed by atoms with E-state index in [0.717, 1.165) is 28.4 Å². The number of carboxylic acids is 1. The Hall–Kier alpha value is -1.03. The number of carboxylic acid groups (broad SMARTS) is 1. The zero-order chi connectivity index (χ0) is 13.5. The SMILES string of the molecule is CC(C)c1cc(O)c(C2(CC(=O)O)CC2)cc1Br. The van der Waals surface area contributed by atoms with Gasteiger partial charge in [0.1, 0.15) is 5.75 Å². The summed E-state index contributed by atoms with van der Waals surface area (Å²) in [5, 5.41) is 19.1. The van der Waals surface area contributed by atoms with Gasteiger partial charge in [-0.1, -0.05) is 29.8 Å². The van der Waals surface area contributed by atoms with Gasteiger partial charge in [-0.05, 0) is 36.5 Å². The van der Waals surface area contributed by atoms with E-state index < -0.39 is 5.97 Å². The number of aliphatic carboxylic acids is 1. The molecule has 1 aliphatic carbocycles. The van der Waals surface area contributed by atoms with Crippen molar-refractivity contribution in [2.75, 3.05) is 0 Å². The number of halogens is 1. The van der Waals surface area contributed by atoms with Crippen molar-refractivity contribution >= 4 is 21.9 Å². The maximum Gasteiger partial charge on any atom is 0.304 e. The fourth-order valence-corrected chi connectivity index (χ4v) is 3.23. The molecule has 1 aromatic rings. The van der Waals surface area contributed by atoms with Crippen LogP contribution >= 0.6 is 15.9 Å². The Morgan fingerprint density at radius 2 is 2.06 bits per heavy atom. The van der Waals surface area contributed by atoms with Crippen LogP contribution in [0.4, 0.5) is 0 Å². The van der Waals surface area contributed by atoms with Gasteiger partial charge >= 0.3 is 5.97 Å². The van der Waals surface area contributed by atoms with Crippen molar-refractivity contribution < 1.29 is 15.0 Å². The summed E-state index contributed by atoms with van der Waals surface area (Å²) in [6, 6.07) is 3.65. The topological polar surface area (TPSA) is 57.5 Å². The molecule has 0 atom stereocenters. The van der Waals surface area contributed by atoms with Crippen molar-refractivity contribution in [1.29, 1.82) is 0 Å². The van der Waals surface area contributed by atoms with Gasteiger partial charge in [0.25, 0.3) is 0 Å². The minimum absolute atomic E-state index is 0.0913. The fraction of sp³-hybridized carbons (Fsp3) is 0.500. The monoisotopic (exact) mass is 312 g/mol. The molecule has 0 radical (unpaired) electrons. The lowest BCUT2D eigenvalue weighted by atomic mass is 9.89. The van der Waals surface area contributed by atoms with Gasteiger partial charge in [-0.15, -0.1) is 0 Å². The van der Waals surface area contributed by atoms with E-state index in [-0.39, 0.29) is 17.6 Å². The lowest BCUT2D eigenvalue weighted by Crippen LogP contribution is -2.13. The summed E-state index contributed by atoms with van der Waals surface area (Å²) in [5.74, 6) is -0.273. The molecule has 3 nitrogen and oxygen atoms in total. The normalized spacial score (nSPS) is 16.9. The van der Waals surface area contributed by atoms with Crippen LogP contribution in [0.25, 0.3) is 0 Å².